The summed E-state index contributed by atoms with van der Waals surface area (Å²) in [4.78, 5) is 21.0. The van der Waals surface area contributed by atoms with E-state index in [2.05, 4.69) is 20.4 Å². The molecule has 0 radical (unpaired) electrons. The number of hydrogen-bond donors (Lipinski definition) is 2. The Balaban J connectivity index is 1.50. The van der Waals surface area contributed by atoms with Crippen LogP contribution in [0.4, 0.5) is 5.82 Å². The summed E-state index contributed by atoms with van der Waals surface area (Å²) in [6.45, 7) is 3.64. The molecule has 2 aromatic heterocycles. The monoisotopic (exact) mass is 393 g/mol. The Kier molecular flexibility index (Phi) is 5.16. The van der Waals surface area contributed by atoms with E-state index in [1.807, 2.05) is 13.8 Å². The van der Waals surface area contributed by atoms with Crippen LogP contribution in [0.3, 0.4) is 0 Å². The lowest BCUT2D eigenvalue weighted by molar-refractivity contribution is 0.0938. The fourth-order valence-corrected chi connectivity index (χ4v) is 3.55. The molecule has 0 saturated heterocycles. The molecule has 1 aliphatic rings. The first-order chi connectivity index (χ1) is 14.0. The van der Waals surface area contributed by atoms with Crippen molar-refractivity contribution in [1.82, 2.24) is 20.4 Å². The number of nitrogens with two attached hydrogens (primary N) is 1. The Morgan fingerprint density at radius 2 is 1.93 bits per heavy atom. The predicted octanol–water partition coefficient (Wildman–Crippen LogP) is 3.80. The SMILES string of the molecule is Cc1noc(C)c1-c1cnc(N)c(Oc2ccc(C(=O)NC3CCCC3)cc2)n1. The normalized spacial score (nSPS) is 14.1. The average Bonchev–Trinajstić information content (AvgIpc) is 3.34. The molecule has 150 valence electrons. The van der Waals surface area contributed by atoms with Crippen molar-refractivity contribution in [1.29, 1.82) is 0 Å². The number of carbonyl (C=O) groups excluding carboxylic acids is 1. The predicted molar refractivity (Wildman–Crippen MR) is 108 cm³/mol. The fraction of sp³-hybridized carbons (Fsp3) is 0.333. The maximum absolute atomic E-state index is 12.4. The first-order valence-corrected chi connectivity index (χ1v) is 9.66. The summed E-state index contributed by atoms with van der Waals surface area (Å²) in [7, 11) is 0. The van der Waals surface area contributed by atoms with Crippen LogP contribution in [-0.4, -0.2) is 27.1 Å². The van der Waals surface area contributed by atoms with Crippen LogP contribution in [0.15, 0.2) is 35.0 Å². The number of aryl methyl sites for hydroxylation is 2. The highest BCUT2D eigenvalue weighted by molar-refractivity contribution is 5.94. The number of rotatable bonds is 5. The van der Waals surface area contributed by atoms with Gasteiger partial charge in [-0.25, -0.2) is 9.97 Å². The van der Waals surface area contributed by atoms with Gasteiger partial charge in [0, 0.05) is 11.6 Å². The standard InChI is InChI=1S/C21H23N5O3/c1-12-18(13(2)29-26-12)17-11-23-19(22)21(25-17)28-16-9-7-14(8-10-16)20(27)24-15-5-3-4-6-15/h7-11,15H,3-6H2,1-2H3,(H2,22,23)(H,24,27). The first kappa shape index (κ1) is 18.9. The Bertz CT molecular complexity index is 1000. The van der Waals surface area contributed by atoms with E-state index >= 15 is 0 Å². The minimum Gasteiger partial charge on any atom is -0.436 e. The molecule has 4 rings (SSSR count). The smallest absolute Gasteiger partial charge is 0.263 e. The highest BCUT2D eigenvalue weighted by atomic mass is 16.5. The fourth-order valence-electron chi connectivity index (χ4n) is 3.55. The van der Waals surface area contributed by atoms with Crippen LogP contribution in [0.25, 0.3) is 11.3 Å². The number of ether oxygens (including phenoxy) is 1. The largest absolute Gasteiger partial charge is 0.436 e. The van der Waals surface area contributed by atoms with Gasteiger partial charge in [-0.15, -0.1) is 0 Å². The van der Waals surface area contributed by atoms with Crippen molar-refractivity contribution in [3.8, 4) is 22.9 Å². The summed E-state index contributed by atoms with van der Waals surface area (Å²) >= 11 is 0. The molecule has 8 nitrogen and oxygen atoms in total. The Morgan fingerprint density at radius 3 is 2.59 bits per heavy atom. The molecule has 1 amide bonds. The third-order valence-electron chi connectivity index (χ3n) is 5.08. The minimum absolute atomic E-state index is 0.0665. The second-order valence-electron chi connectivity index (χ2n) is 7.23. The van der Waals surface area contributed by atoms with Crippen molar-refractivity contribution in [2.75, 3.05) is 5.73 Å². The first-order valence-electron chi connectivity index (χ1n) is 9.66. The topological polar surface area (TPSA) is 116 Å². The highest BCUT2D eigenvalue weighted by Crippen LogP contribution is 2.30. The van der Waals surface area contributed by atoms with Crippen LogP contribution in [0.5, 0.6) is 11.6 Å². The molecule has 1 aromatic carbocycles. The molecule has 1 aliphatic carbocycles. The summed E-state index contributed by atoms with van der Waals surface area (Å²) in [5.41, 5.74) is 8.57. The van der Waals surface area contributed by atoms with Gasteiger partial charge >= 0.3 is 0 Å². The maximum atomic E-state index is 12.4. The molecule has 1 saturated carbocycles. The van der Waals surface area contributed by atoms with Crippen LogP contribution < -0.4 is 15.8 Å². The number of hydrogen-bond acceptors (Lipinski definition) is 7. The van der Waals surface area contributed by atoms with Crippen LogP contribution in [-0.2, 0) is 0 Å². The van der Waals surface area contributed by atoms with Crippen molar-refractivity contribution in [2.24, 2.45) is 0 Å². The molecule has 0 bridgehead atoms. The zero-order valence-electron chi connectivity index (χ0n) is 16.4. The number of nitrogens with zero attached hydrogens (tertiary/aromatic N) is 3. The van der Waals surface area contributed by atoms with E-state index in [-0.39, 0.29) is 23.6 Å². The number of carbonyl (C=O) groups is 1. The number of benzene rings is 1. The van der Waals surface area contributed by atoms with E-state index < -0.39 is 0 Å². The van der Waals surface area contributed by atoms with E-state index in [9.17, 15) is 4.79 Å². The minimum atomic E-state index is -0.0665. The molecule has 0 unspecified atom stereocenters. The highest BCUT2D eigenvalue weighted by Gasteiger charge is 2.19. The summed E-state index contributed by atoms with van der Waals surface area (Å²) in [5, 5.41) is 7.01. The molecule has 2 heterocycles. The van der Waals surface area contributed by atoms with Gasteiger partial charge in [0.15, 0.2) is 5.82 Å². The van der Waals surface area contributed by atoms with Gasteiger partial charge in [0.25, 0.3) is 11.8 Å². The van der Waals surface area contributed by atoms with Crippen molar-refractivity contribution in [3.05, 3.63) is 47.5 Å². The summed E-state index contributed by atoms with van der Waals surface area (Å²) < 4.78 is 11.0. The number of nitrogens with one attached hydrogen (secondary N) is 1. The van der Waals surface area contributed by atoms with Crippen LogP contribution in [0.1, 0.15) is 47.5 Å². The Morgan fingerprint density at radius 1 is 1.21 bits per heavy atom. The van der Waals surface area contributed by atoms with Crippen LogP contribution in [0, 0.1) is 13.8 Å². The lowest BCUT2D eigenvalue weighted by atomic mass is 10.1. The van der Waals surface area contributed by atoms with Crippen molar-refractivity contribution in [3.63, 3.8) is 0 Å². The maximum Gasteiger partial charge on any atom is 0.263 e. The molecule has 0 atom stereocenters. The second-order valence-corrected chi connectivity index (χ2v) is 7.23. The molecule has 3 aromatic rings. The average molecular weight is 393 g/mol. The van der Waals surface area contributed by atoms with Crippen molar-refractivity contribution in [2.45, 2.75) is 45.6 Å². The second kappa shape index (κ2) is 7.90. The van der Waals surface area contributed by atoms with E-state index in [0.717, 1.165) is 18.4 Å². The van der Waals surface area contributed by atoms with Gasteiger partial charge < -0.3 is 20.3 Å². The van der Waals surface area contributed by atoms with Crippen LogP contribution in [0.2, 0.25) is 0 Å². The van der Waals surface area contributed by atoms with Gasteiger partial charge in [-0.3, -0.25) is 4.79 Å². The summed E-state index contributed by atoms with van der Waals surface area (Å²) in [6.07, 6.45) is 6.00. The van der Waals surface area contributed by atoms with Gasteiger partial charge in [0.2, 0.25) is 0 Å². The Hall–Kier alpha value is -3.42. The van der Waals surface area contributed by atoms with Gasteiger partial charge in [0.1, 0.15) is 11.5 Å². The number of aromatic nitrogens is 3. The molecule has 29 heavy (non-hydrogen) atoms. The summed E-state index contributed by atoms with van der Waals surface area (Å²) in [5.74, 6) is 1.45. The number of anilines is 1. The summed E-state index contributed by atoms with van der Waals surface area (Å²) in [6, 6.07) is 7.16. The molecular weight excluding hydrogens is 370 g/mol. The lowest BCUT2D eigenvalue weighted by Crippen LogP contribution is -2.32. The van der Waals surface area contributed by atoms with E-state index in [4.69, 9.17) is 15.0 Å². The third-order valence-corrected chi connectivity index (χ3v) is 5.08. The molecular formula is C21H23N5O3. The van der Waals surface area contributed by atoms with Gasteiger partial charge in [0.05, 0.1) is 23.1 Å². The molecule has 3 N–H and O–H groups in total. The van der Waals surface area contributed by atoms with Gasteiger partial charge in [-0.05, 0) is 51.0 Å². The zero-order valence-corrected chi connectivity index (χ0v) is 16.4. The van der Waals surface area contributed by atoms with E-state index in [1.165, 1.54) is 12.8 Å². The third kappa shape index (κ3) is 4.06. The van der Waals surface area contributed by atoms with Crippen molar-refractivity contribution < 1.29 is 14.1 Å². The van der Waals surface area contributed by atoms with E-state index in [1.54, 1.807) is 30.5 Å². The zero-order chi connectivity index (χ0) is 20.4. The van der Waals surface area contributed by atoms with Crippen molar-refractivity contribution >= 4 is 11.7 Å². The molecule has 0 aliphatic heterocycles. The number of amides is 1. The molecule has 0 spiro atoms. The molecule has 1 fully saturated rings. The molecule has 8 heteroatoms. The van der Waals surface area contributed by atoms with E-state index in [0.29, 0.717) is 28.5 Å². The quantitative estimate of drug-likeness (QED) is 0.677. The Labute approximate surface area is 168 Å². The lowest BCUT2D eigenvalue weighted by Gasteiger charge is -2.12. The van der Waals surface area contributed by atoms with Gasteiger partial charge in [-0.1, -0.05) is 18.0 Å². The van der Waals surface area contributed by atoms with Gasteiger partial charge in [-0.2, -0.15) is 0 Å². The van der Waals surface area contributed by atoms with Crippen LogP contribution >= 0.6 is 0 Å². The number of nitrogen functional groups attached to an aromatic ring is 1.